The van der Waals surface area contributed by atoms with Crippen LogP contribution >= 0.6 is 0 Å². The Hall–Kier alpha value is -0.930. The smallest absolute Gasteiger partial charge is 0.123 e. The molecule has 0 spiro atoms. The maximum absolute atomic E-state index is 13.2. The van der Waals surface area contributed by atoms with E-state index >= 15 is 0 Å². The zero-order chi connectivity index (χ0) is 13.4. The summed E-state index contributed by atoms with van der Waals surface area (Å²) in [7, 11) is 1.94. The maximum Gasteiger partial charge on any atom is 0.123 e. The Morgan fingerprint density at radius 1 is 1.28 bits per heavy atom. The maximum atomic E-state index is 13.2. The molecule has 0 radical (unpaired) electrons. The van der Waals surface area contributed by atoms with Crippen molar-refractivity contribution in [3.05, 3.63) is 35.6 Å². The van der Waals surface area contributed by atoms with Crippen molar-refractivity contribution in [1.29, 1.82) is 0 Å². The molecule has 1 atom stereocenters. The lowest BCUT2D eigenvalue weighted by molar-refractivity contribution is 0.271. The van der Waals surface area contributed by atoms with Gasteiger partial charge in [0.05, 0.1) is 0 Å². The second-order valence-electron chi connectivity index (χ2n) is 4.62. The van der Waals surface area contributed by atoms with Crippen molar-refractivity contribution in [2.75, 3.05) is 26.7 Å². The van der Waals surface area contributed by atoms with E-state index in [9.17, 15) is 4.39 Å². The van der Waals surface area contributed by atoms with Gasteiger partial charge >= 0.3 is 0 Å². The predicted octanol–water partition coefficient (Wildman–Crippen LogP) is 3.21. The first kappa shape index (κ1) is 15.1. The molecule has 1 aromatic carbocycles. The lowest BCUT2D eigenvalue weighted by Gasteiger charge is -2.23. The molecule has 0 aliphatic carbocycles. The van der Waals surface area contributed by atoms with Crippen molar-refractivity contribution in [3.8, 4) is 0 Å². The van der Waals surface area contributed by atoms with Gasteiger partial charge in [-0.25, -0.2) is 4.39 Å². The minimum absolute atomic E-state index is 0.159. The summed E-state index contributed by atoms with van der Waals surface area (Å²) in [4.78, 5) is 2.43. The SMILES string of the molecule is CCCN(CC)CCC(NC)c1cccc(F)c1. The van der Waals surface area contributed by atoms with Gasteiger partial charge in [0.1, 0.15) is 5.82 Å². The summed E-state index contributed by atoms with van der Waals surface area (Å²) < 4.78 is 13.2. The summed E-state index contributed by atoms with van der Waals surface area (Å²) in [5.74, 6) is -0.159. The minimum Gasteiger partial charge on any atom is -0.313 e. The van der Waals surface area contributed by atoms with E-state index in [1.807, 2.05) is 13.1 Å². The first-order chi connectivity index (χ1) is 8.71. The summed E-state index contributed by atoms with van der Waals surface area (Å²) in [6.45, 7) is 7.65. The Balaban J connectivity index is 2.56. The zero-order valence-electron chi connectivity index (χ0n) is 11.7. The summed E-state index contributed by atoms with van der Waals surface area (Å²) in [5, 5.41) is 3.27. The van der Waals surface area contributed by atoms with Crippen LogP contribution in [0.1, 0.15) is 38.3 Å². The molecule has 0 aromatic heterocycles. The fraction of sp³-hybridized carbons (Fsp3) is 0.600. The monoisotopic (exact) mass is 252 g/mol. The largest absolute Gasteiger partial charge is 0.313 e. The van der Waals surface area contributed by atoms with E-state index in [-0.39, 0.29) is 11.9 Å². The molecule has 0 amide bonds. The second-order valence-corrected chi connectivity index (χ2v) is 4.62. The molecule has 1 unspecified atom stereocenters. The number of benzene rings is 1. The van der Waals surface area contributed by atoms with Crippen LogP contribution in [-0.4, -0.2) is 31.6 Å². The number of halogens is 1. The van der Waals surface area contributed by atoms with Gasteiger partial charge in [-0.05, 0) is 57.2 Å². The molecule has 0 saturated carbocycles. The third-order valence-electron chi connectivity index (χ3n) is 3.32. The predicted molar refractivity (Wildman–Crippen MR) is 75.2 cm³/mol. The van der Waals surface area contributed by atoms with E-state index in [1.54, 1.807) is 12.1 Å². The quantitative estimate of drug-likeness (QED) is 0.764. The summed E-state index contributed by atoms with van der Waals surface area (Å²) in [6, 6.07) is 7.11. The Labute approximate surface area is 110 Å². The topological polar surface area (TPSA) is 15.3 Å². The van der Waals surface area contributed by atoms with Gasteiger partial charge < -0.3 is 10.2 Å². The van der Waals surface area contributed by atoms with Crippen molar-refractivity contribution in [2.45, 2.75) is 32.7 Å². The Morgan fingerprint density at radius 3 is 2.61 bits per heavy atom. The number of nitrogens with one attached hydrogen (secondary N) is 1. The van der Waals surface area contributed by atoms with Gasteiger partial charge in [-0.3, -0.25) is 0 Å². The molecular formula is C15H25FN2. The Morgan fingerprint density at radius 2 is 2.06 bits per heavy atom. The normalized spacial score (nSPS) is 12.9. The van der Waals surface area contributed by atoms with Gasteiger partial charge in [-0.1, -0.05) is 26.0 Å². The molecule has 102 valence electrons. The van der Waals surface area contributed by atoms with Crippen LogP contribution in [0.15, 0.2) is 24.3 Å². The fourth-order valence-electron chi connectivity index (χ4n) is 2.26. The van der Waals surface area contributed by atoms with Crippen LogP contribution in [0.2, 0.25) is 0 Å². The lowest BCUT2D eigenvalue weighted by atomic mass is 10.0. The molecule has 1 rings (SSSR count). The van der Waals surface area contributed by atoms with Gasteiger partial charge in [0.15, 0.2) is 0 Å². The molecule has 2 nitrogen and oxygen atoms in total. The molecule has 0 fully saturated rings. The van der Waals surface area contributed by atoms with Crippen LogP contribution in [0.5, 0.6) is 0 Å². The summed E-state index contributed by atoms with van der Waals surface area (Å²) in [6.07, 6.45) is 2.19. The number of hydrogen-bond acceptors (Lipinski definition) is 2. The molecule has 18 heavy (non-hydrogen) atoms. The molecule has 1 N–H and O–H groups in total. The number of nitrogens with zero attached hydrogens (tertiary/aromatic N) is 1. The standard InChI is InChI=1S/C15H25FN2/c1-4-10-18(5-2)11-9-15(17-3)13-7-6-8-14(16)12-13/h6-8,12,15,17H,4-5,9-11H2,1-3H3. The molecule has 0 aliphatic heterocycles. The zero-order valence-corrected chi connectivity index (χ0v) is 11.7. The number of rotatable bonds is 8. The van der Waals surface area contributed by atoms with Crippen LogP contribution in [0.4, 0.5) is 4.39 Å². The highest BCUT2D eigenvalue weighted by atomic mass is 19.1. The third kappa shape index (κ3) is 4.75. The molecule has 1 aromatic rings. The van der Waals surface area contributed by atoms with Gasteiger partial charge in [0.25, 0.3) is 0 Å². The third-order valence-corrected chi connectivity index (χ3v) is 3.32. The van der Waals surface area contributed by atoms with Crippen molar-refractivity contribution in [3.63, 3.8) is 0 Å². The van der Waals surface area contributed by atoms with Gasteiger partial charge in [-0.15, -0.1) is 0 Å². The molecule has 3 heteroatoms. The van der Waals surface area contributed by atoms with Crippen molar-refractivity contribution >= 4 is 0 Å². The molecule has 0 bridgehead atoms. The highest BCUT2D eigenvalue weighted by molar-refractivity contribution is 5.20. The van der Waals surface area contributed by atoms with Crippen LogP contribution in [-0.2, 0) is 0 Å². The summed E-state index contributed by atoms with van der Waals surface area (Å²) >= 11 is 0. The van der Waals surface area contributed by atoms with Crippen molar-refractivity contribution < 1.29 is 4.39 Å². The van der Waals surface area contributed by atoms with Crippen LogP contribution in [0.25, 0.3) is 0 Å². The molecule has 0 saturated heterocycles. The van der Waals surface area contributed by atoms with Crippen LogP contribution < -0.4 is 5.32 Å². The lowest BCUT2D eigenvalue weighted by Crippen LogP contribution is -2.29. The van der Waals surface area contributed by atoms with E-state index in [1.165, 1.54) is 12.5 Å². The first-order valence-corrected chi connectivity index (χ1v) is 6.86. The average Bonchev–Trinajstić information content (AvgIpc) is 2.38. The van der Waals surface area contributed by atoms with Crippen LogP contribution in [0.3, 0.4) is 0 Å². The number of hydrogen-bond donors (Lipinski definition) is 1. The Kier molecular flexibility index (Phi) is 6.91. The average molecular weight is 252 g/mol. The Bertz CT molecular complexity index is 341. The van der Waals surface area contributed by atoms with E-state index < -0.39 is 0 Å². The van der Waals surface area contributed by atoms with E-state index in [2.05, 4.69) is 24.1 Å². The van der Waals surface area contributed by atoms with Crippen molar-refractivity contribution in [1.82, 2.24) is 10.2 Å². The highest BCUT2D eigenvalue weighted by Crippen LogP contribution is 2.17. The fourth-order valence-corrected chi connectivity index (χ4v) is 2.26. The van der Waals surface area contributed by atoms with E-state index in [0.717, 1.165) is 31.6 Å². The van der Waals surface area contributed by atoms with Gasteiger partial charge in [0, 0.05) is 6.04 Å². The summed E-state index contributed by atoms with van der Waals surface area (Å²) in [5.41, 5.74) is 1.03. The van der Waals surface area contributed by atoms with Gasteiger partial charge in [0.2, 0.25) is 0 Å². The van der Waals surface area contributed by atoms with Gasteiger partial charge in [-0.2, -0.15) is 0 Å². The molecule has 0 aliphatic rings. The molecular weight excluding hydrogens is 227 g/mol. The minimum atomic E-state index is -0.159. The molecule has 0 heterocycles. The van der Waals surface area contributed by atoms with Crippen molar-refractivity contribution in [2.24, 2.45) is 0 Å². The van der Waals surface area contributed by atoms with E-state index in [4.69, 9.17) is 0 Å². The first-order valence-electron chi connectivity index (χ1n) is 6.86. The highest BCUT2D eigenvalue weighted by Gasteiger charge is 2.11. The van der Waals surface area contributed by atoms with Crippen LogP contribution in [0, 0.1) is 5.82 Å². The second kappa shape index (κ2) is 8.22. The van der Waals surface area contributed by atoms with E-state index in [0.29, 0.717) is 0 Å².